The van der Waals surface area contributed by atoms with Gasteiger partial charge in [0, 0.05) is 12.6 Å². The highest BCUT2D eigenvalue weighted by Gasteiger charge is 2.43. The molecule has 3 N–H and O–H groups in total. The summed E-state index contributed by atoms with van der Waals surface area (Å²) >= 11 is 5.19. The molecule has 2 rings (SSSR count). The summed E-state index contributed by atoms with van der Waals surface area (Å²) in [7, 11) is 0. The quantitative estimate of drug-likeness (QED) is 0.777. The lowest BCUT2D eigenvalue weighted by Gasteiger charge is -2.37. The molecule has 1 aliphatic heterocycles. The van der Waals surface area contributed by atoms with E-state index in [1.807, 2.05) is 6.92 Å². The van der Waals surface area contributed by atoms with Crippen LogP contribution in [0.5, 0.6) is 0 Å². The lowest BCUT2D eigenvalue weighted by molar-refractivity contribution is -0.130. The SMILES string of the molecule is CC1CC(NC(=O)C2(C(N)=S)CCCCC2)CCO1. The Balaban J connectivity index is 2.01. The summed E-state index contributed by atoms with van der Waals surface area (Å²) in [6, 6.07) is 0.199. The molecule has 1 saturated heterocycles. The first-order valence-electron chi connectivity index (χ1n) is 7.27. The number of nitrogens with one attached hydrogen (secondary N) is 1. The number of carbonyl (C=O) groups excluding carboxylic acids is 1. The van der Waals surface area contributed by atoms with Gasteiger partial charge in [0.15, 0.2) is 0 Å². The van der Waals surface area contributed by atoms with Crippen LogP contribution in [-0.4, -0.2) is 29.6 Å². The number of hydrogen-bond acceptors (Lipinski definition) is 3. The summed E-state index contributed by atoms with van der Waals surface area (Å²) in [6.07, 6.45) is 6.81. The molecule has 2 atom stereocenters. The lowest BCUT2D eigenvalue weighted by atomic mass is 9.73. The summed E-state index contributed by atoms with van der Waals surface area (Å²) in [5.74, 6) is 0.0406. The van der Waals surface area contributed by atoms with E-state index >= 15 is 0 Å². The summed E-state index contributed by atoms with van der Waals surface area (Å²) < 4.78 is 5.51. The molecule has 0 aromatic rings. The second-order valence-electron chi connectivity index (χ2n) is 5.88. The van der Waals surface area contributed by atoms with Crippen LogP contribution in [0.4, 0.5) is 0 Å². The van der Waals surface area contributed by atoms with E-state index < -0.39 is 5.41 Å². The van der Waals surface area contributed by atoms with Crippen LogP contribution >= 0.6 is 12.2 Å². The molecule has 5 heteroatoms. The van der Waals surface area contributed by atoms with E-state index in [2.05, 4.69) is 5.32 Å². The van der Waals surface area contributed by atoms with Crippen molar-refractivity contribution in [2.24, 2.45) is 11.1 Å². The van der Waals surface area contributed by atoms with Gasteiger partial charge in [-0.3, -0.25) is 4.79 Å². The van der Waals surface area contributed by atoms with E-state index in [1.165, 1.54) is 6.42 Å². The second-order valence-corrected chi connectivity index (χ2v) is 6.32. The molecular weight excluding hydrogens is 260 g/mol. The fourth-order valence-corrected chi connectivity index (χ4v) is 3.49. The van der Waals surface area contributed by atoms with Crippen molar-refractivity contribution in [2.45, 2.75) is 64.0 Å². The maximum Gasteiger partial charge on any atom is 0.233 e. The molecule has 0 radical (unpaired) electrons. The average Bonchev–Trinajstić information content (AvgIpc) is 2.39. The Morgan fingerprint density at radius 1 is 1.37 bits per heavy atom. The van der Waals surface area contributed by atoms with Crippen molar-refractivity contribution in [1.82, 2.24) is 5.32 Å². The molecule has 19 heavy (non-hydrogen) atoms. The predicted molar refractivity (Wildman–Crippen MR) is 78.9 cm³/mol. The largest absolute Gasteiger partial charge is 0.392 e. The van der Waals surface area contributed by atoms with Crippen molar-refractivity contribution < 1.29 is 9.53 Å². The molecule has 0 bridgehead atoms. The second kappa shape index (κ2) is 6.18. The van der Waals surface area contributed by atoms with Crippen LogP contribution in [-0.2, 0) is 9.53 Å². The van der Waals surface area contributed by atoms with Crippen molar-refractivity contribution in [3.63, 3.8) is 0 Å². The maximum atomic E-state index is 12.6. The minimum atomic E-state index is -0.602. The van der Waals surface area contributed by atoms with E-state index in [1.54, 1.807) is 0 Å². The van der Waals surface area contributed by atoms with Crippen LogP contribution in [0, 0.1) is 5.41 Å². The number of carbonyl (C=O) groups is 1. The van der Waals surface area contributed by atoms with E-state index in [9.17, 15) is 4.79 Å². The van der Waals surface area contributed by atoms with E-state index in [4.69, 9.17) is 22.7 Å². The first kappa shape index (κ1) is 14.7. The minimum absolute atomic E-state index is 0.0406. The highest BCUT2D eigenvalue weighted by atomic mass is 32.1. The van der Waals surface area contributed by atoms with Gasteiger partial charge in [0.25, 0.3) is 0 Å². The first-order chi connectivity index (χ1) is 9.04. The number of nitrogens with two attached hydrogens (primary N) is 1. The molecular formula is C14H24N2O2S. The molecule has 2 aliphatic rings. The van der Waals surface area contributed by atoms with E-state index in [-0.39, 0.29) is 18.1 Å². The maximum absolute atomic E-state index is 12.6. The van der Waals surface area contributed by atoms with Gasteiger partial charge < -0.3 is 15.8 Å². The van der Waals surface area contributed by atoms with Gasteiger partial charge in [0.1, 0.15) is 0 Å². The molecule has 1 aliphatic carbocycles. The van der Waals surface area contributed by atoms with Crippen molar-refractivity contribution in [3.05, 3.63) is 0 Å². The number of hydrogen-bond donors (Lipinski definition) is 2. The molecule has 1 heterocycles. The monoisotopic (exact) mass is 284 g/mol. The molecule has 0 aromatic carbocycles. The van der Waals surface area contributed by atoms with Gasteiger partial charge in [-0.05, 0) is 32.6 Å². The Hall–Kier alpha value is -0.680. The van der Waals surface area contributed by atoms with Gasteiger partial charge in [-0.2, -0.15) is 0 Å². The van der Waals surface area contributed by atoms with Gasteiger partial charge in [-0.15, -0.1) is 0 Å². The van der Waals surface area contributed by atoms with Crippen molar-refractivity contribution in [2.75, 3.05) is 6.61 Å². The predicted octanol–water partition coefficient (Wildman–Crippen LogP) is 1.91. The molecule has 0 spiro atoms. The Bertz CT molecular complexity index is 353. The first-order valence-corrected chi connectivity index (χ1v) is 7.68. The molecule has 108 valence electrons. The smallest absolute Gasteiger partial charge is 0.233 e. The van der Waals surface area contributed by atoms with Crippen LogP contribution in [0.15, 0.2) is 0 Å². The molecule has 1 amide bonds. The molecule has 2 unspecified atom stereocenters. The van der Waals surface area contributed by atoms with E-state index in [0.717, 1.165) is 38.5 Å². The van der Waals surface area contributed by atoms with Gasteiger partial charge in [-0.25, -0.2) is 0 Å². The third-order valence-corrected chi connectivity index (χ3v) is 4.82. The summed E-state index contributed by atoms with van der Waals surface area (Å²) in [5.41, 5.74) is 5.28. The molecule has 2 fully saturated rings. The van der Waals surface area contributed by atoms with Crippen LogP contribution < -0.4 is 11.1 Å². The zero-order valence-corrected chi connectivity index (χ0v) is 12.4. The topological polar surface area (TPSA) is 64.4 Å². The van der Waals surface area contributed by atoms with Crippen LogP contribution in [0.25, 0.3) is 0 Å². The zero-order valence-electron chi connectivity index (χ0n) is 11.6. The van der Waals surface area contributed by atoms with Gasteiger partial charge in [0.05, 0.1) is 16.5 Å². The number of thiocarbonyl (C=S) groups is 1. The minimum Gasteiger partial charge on any atom is -0.392 e. The van der Waals surface area contributed by atoms with Gasteiger partial charge >= 0.3 is 0 Å². The molecule has 0 aromatic heterocycles. The Labute approximate surface area is 120 Å². The van der Waals surface area contributed by atoms with E-state index in [0.29, 0.717) is 11.6 Å². The van der Waals surface area contributed by atoms with Gasteiger partial charge in [0.2, 0.25) is 5.91 Å². The Morgan fingerprint density at radius 2 is 2.05 bits per heavy atom. The Morgan fingerprint density at radius 3 is 2.63 bits per heavy atom. The number of ether oxygens (including phenoxy) is 1. The van der Waals surface area contributed by atoms with Crippen LogP contribution in [0.1, 0.15) is 51.9 Å². The highest BCUT2D eigenvalue weighted by Crippen LogP contribution is 2.37. The van der Waals surface area contributed by atoms with Crippen molar-refractivity contribution in [1.29, 1.82) is 0 Å². The summed E-state index contributed by atoms with van der Waals surface area (Å²) in [5, 5.41) is 3.15. The van der Waals surface area contributed by atoms with Gasteiger partial charge in [-0.1, -0.05) is 31.5 Å². The molecule has 1 saturated carbocycles. The fraction of sp³-hybridized carbons (Fsp3) is 0.857. The number of amides is 1. The third kappa shape index (κ3) is 3.26. The summed E-state index contributed by atoms with van der Waals surface area (Å²) in [6.45, 7) is 2.76. The Kier molecular flexibility index (Phi) is 4.79. The highest BCUT2D eigenvalue weighted by molar-refractivity contribution is 7.80. The fourth-order valence-electron chi connectivity index (χ4n) is 3.19. The zero-order chi connectivity index (χ0) is 13.9. The standard InChI is InChI=1S/C14H24N2O2S/c1-10-9-11(5-8-18-10)16-13(17)14(12(15)19)6-3-2-4-7-14/h10-11H,2-9H2,1H3,(H2,15,19)(H,16,17). The van der Waals surface area contributed by atoms with Crippen molar-refractivity contribution >= 4 is 23.1 Å². The third-order valence-electron chi connectivity index (χ3n) is 4.43. The number of rotatable bonds is 3. The normalized spacial score (nSPS) is 30.6. The van der Waals surface area contributed by atoms with Crippen LogP contribution in [0.3, 0.4) is 0 Å². The molecule has 4 nitrogen and oxygen atoms in total. The lowest BCUT2D eigenvalue weighted by Crippen LogP contribution is -2.53. The average molecular weight is 284 g/mol. The van der Waals surface area contributed by atoms with Crippen molar-refractivity contribution in [3.8, 4) is 0 Å². The van der Waals surface area contributed by atoms with Crippen LogP contribution in [0.2, 0.25) is 0 Å². The summed E-state index contributed by atoms with van der Waals surface area (Å²) in [4.78, 5) is 13.0.